The Morgan fingerprint density at radius 2 is 0.891 bits per heavy atom. The van der Waals surface area contributed by atoms with Crippen LogP contribution in [0.15, 0.2) is 194 Å². The van der Waals surface area contributed by atoms with E-state index in [1.54, 1.807) is 0 Å². The van der Waals surface area contributed by atoms with Crippen LogP contribution in [0.1, 0.15) is 25.0 Å². The summed E-state index contributed by atoms with van der Waals surface area (Å²) < 4.78 is 0. The Balaban J connectivity index is 1.22. The molecular formula is C53H38N2. The SMILES string of the molecule is CC1(C)c2cc3ccccc3cc2-c2c(-c3ccccc3-c3cc(-c4cc(-c5ccccc5)ccc4-c4ccccc4)nc(-c4ccccc4)n3)cccc21. The molecule has 1 heterocycles. The number of hydrogen-bond donors (Lipinski definition) is 0. The molecule has 1 aliphatic rings. The van der Waals surface area contributed by atoms with Crippen LogP contribution in [0.4, 0.5) is 0 Å². The minimum Gasteiger partial charge on any atom is -0.228 e. The van der Waals surface area contributed by atoms with Gasteiger partial charge in [0, 0.05) is 22.1 Å². The van der Waals surface area contributed by atoms with Gasteiger partial charge in [-0.1, -0.05) is 184 Å². The first-order chi connectivity index (χ1) is 27.0. The van der Waals surface area contributed by atoms with Crippen molar-refractivity contribution in [3.05, 3.63) is 205 Å². The summed E-state index contributed by atoms with van der Waals surface area (Å²) in [7, 11) is 0. The minimum atomic E-state index is -0.139. The predicted molar refractivity (Wildman–Crippen MR) is 230 cm³/mol. The maximum Gasteiger partial charge on any atom is 0.160 e. The summed E-state index contributed by atoms with van der Waals surface area (Å²) in [4.78, 5) is 10.7. The van der Waals surface area contributed by atoms with E-state index in [9.17, 15) is 0 Å². The van der Waals surface area contributed by atoms with Crippen molar-refractivity contribution in [2.45, 2.75) is 19.3 Å². The van der Waals surface area contributed by atoms with E-state index in [4.69, 9.17) is 9.97 Å². The molecule has 2 heteroatoms. The molecule has 0 fully saturated rings. The molecule has 0 bridgehead atoms. The number of aromatic nitrogens is 2. The first-order valence-corrected chi connectivity index (χ1v) is 19.0. The largest absolute Gasteiger partial charge is 0.228 e. The average Bonchev–Trinajstić information content (AvgIpc) is 3.48. The van der Waals surface area contributed by atoms with Crippen molar-refractivity contribution in [3.8, 4) is 78.4 Å². The van der Waals surface area contributed by atoms with Crippen LogP contribution in [0.3, 0.4) is 0 Å². The molecule has 0 N–H and O–H groups in total. The van der Waals surface area contributed by atoms with E-state index < -0.39 is 0 Å². The fraction of sp³-hybridized carbons (Fsp3) is 0.0566. The zero-order valence-electron chi connectivity index (χ0n) is 30.9. The Labute approximate surface area is 322 Å². The van der Waals surface area contributed by atoms with Gasteiger partial charge >= 0.3 is 0 Å². The third kappa shape index (κ3) is 5.66. The Hall–Kier alpha value is -6.90. The van der Waals surface area contributed by atoms with Gasteiger partial charge in [-0.2, -0.15) is 0 Å². The van der Waals surface area contributed by atoms with Crippen molar-refractivity contribution in [3.63, 3.8) is 0 Å². The second-order valence-corrected chi connectivity index (χ2v) is 15.0. The summed E-state index contributed by atoms with van der Waals surface area (Å²) in [6.07, 6.45) is 0. The van der Waals surface area contributed by atoms with Crippen LogP contribution in [-0.2, 0) is 5.41 Å². The minimum absolute atomic E-state index is 0.139. The summed E-state index contributed by atoms with van der Waals surface area (Å²) in [5, 5.41) is 2.53. The van der Waals surface area contributed by atoms with Crippen LogP contribution in [0.25, 0.3) is 89.2 Å². The van der Waals surface area contributed by atoms with Gasteiger partial charge in [0.15, 0.2) is 5.82 Å². The molecule has 0 aliphatic heterocycles. The van der Waals surface area contributed by atoms with Gasteiger partial charge in [-0.05, 0) is 90.7 Å². The van der Waals surface area contributed by atoms with Crippen LogP contribution in [0.5, 0.6) is 0 Å². The van der Waals surface area contributed by atoms with Gasteiger partial charge in [-0.15, -0.1) is 0 Å². The van der Waals surface area contributed by atoms with Crippen molar-refractivity contribution >= 4 is 10.8 Å². The summed E-state index contributed by atoms with van der Waals surface area (Å²) >= 11 is 0. The summed E-state index contributed by atoms with van der Waals surface area (Å²) in [6.45, 7) is 4.72. The van der Waals surface area contributed by atoms with E-state index in [2.05, 4.69) is 202 Å². The topological polar surface area (TPSA) is 25.8 Å². The molecule has 1 aliphatic carbocycles. The van der Waals surface area contributed by atoms with Gasteiger partial charge in [0.25, 0.3) is 0 Å². The van der Waals surface area contributed by atoms with E-state index in [1.807, 2.05) is 6.07 Å². The molecule has 0 amide bonds. The first-order valence-electron chi connectivity index (χ1n) is 19.0. The molecule has 0 unspecified atom stereocenters. The second kappa shape index (κ2) is 13.2. The fourth-order valence-corrected chi connectivity index (χ4v) is 8.51. The molecule has 9 aromatic rings. The quantitative estimate of drug-likeness (QED) is 0.172. The highest BCUT2D eigenvalue weighted by molar-refractivity contribution is 6.01. The van der Waals surface area contributed by atoms with Crippen molar-refractivity contribution in [2.24, 2.45) is 0 Å². The van der Waals surface area contributed by atoms with Gasteiger partial charge in [-0.3, -0.25) is 0 Å². The molecule has 0 saturated heterocycles. The van der Waals surface area contributed by atoms with Crippen molar-refractivity contribution < 1.29 is 0 Å². The third-order valence-electron chi connectivity index (χ3n) is 11.3. The standard InChI is InChI=1S/C53H38N2/c1-53(2)47-28-16-27-44(51(47)46-32-38-23-12-13-24-39(38)33-48(46)53)42-25-14-15-26-43(42)49-34-50(55-52(54-49)37-21-10-5-11-22-37)45-31-40(35-17-6-3-7-18-35)29-30-41(45)36-19-8-4-9-20-36/h3-34H,1-2H3. The van der Waals surface area contributed by atoms with Gasteiger partial charge in [0.1, 0.15) is 0 Å². The number of hydrogen-bond acceptors (Lipinski definition) is 2. The fourth-order valence-electron chi connectivity index (χ4n) is 8.51. The molecule has 2 nitrogen and oxygen atoms in total. The van der Waals surface area contributed by atoms with E-state index in [0.29, 0.717) is 5.82 Å². The van der Waals surface area contributed by atoms with Crippen molar-refractivity contribution in [2.75, 3.05) is 0 Å². The molecule has 0 atom stereocenters. The average molecular weight is 703 g/mol. The lowest BCUT2D eigenvalue weighted by Gasteiger charge is -2.22. The number of fused-ring (bicyclic) bond motifs is 4. The third-order valence-corrected chi connectivity index (χ3v) is 11.3. The Morgan fingerprint density at radius 3 is 1.60 bits per heavy atom. The molecule has 8 aromatic carbocycles. The molecule has 0 saturated carbocycles. The van der Waals surface area contributed by atoms with E-state index in [-0.39, 0.29) is 5.41 Å². The number of benzene rings is 8. The van der Waals surface area contributed by atoms with Crippen LogP contribution in [0, 0.1) is 0 Å². The highest BCUT2D eigenvalue weighted by Gasteiger charge is 2.37. The van der Waals surface area contributed by atoms with Gasteiger partial charge in [-0.25, -0.2) is 9.97 Å². The first kappa shape index (κ1) is 32.7. The summed E-state index contributed by atoms with van der Waals surface area (Å²) in [5.74, 6) is 0.697. The molecule has 10 rings (SSSR count). The number of rotatable bonds is 6. The van der Waals surface area contributed by atoms with Crippen LogP contribution < -0.4 is 0 Å². The summed E-state index contributed by atoms with van der Waals surface area (Å²) in [6, 6.07) is 69.6. The monoisotopic (exact) mass is 702 g/mol. The second-order valence-electron chi connectivity index (χ2n) is 15.0. The Morgan fingerprint density at radius 1 is 0.327 bits per heavy atom. The highest BCUT2D eigenvalue weighted by Crippen LogP contribution is 2.54. The Bertz CT molecular complexity index is 2870. The number of nitrogens with zero attached hydrogens (tertiary/aromatic N) is 2. The zero-order chi connectivity index (χ0) is 36.9. The van der Waals surface area contributed by atoms with Crippen LogP contribution in [0.2, 0.25) is 0 Å². The van der Waals surface area contributed by atoms with Gasteiger partial charge in [0.05, 0.1) is 11.4 Å². The van der Waals surface area contributed by atoms with Crippen molar-refractivity contribution in [1.29, 1.82) is 0 Å². The maximum absolute atomic E-state index is 5.36. The normalized spacial score (nSPS) is 12.7. The highest BCUT2D eigenvalue weighted by atomic mass is 14.9. The summed E-state index contributed by atoms with van der Waals surface area (Å²) in [5.41, 5.74) is 17.0. The molecule has 260 valence electrons. The van der Waals surface area contributed by atoms with Gasteiger partial charge < -0.3 is 0 Å². The van der Waals surface area contributed by atoms with E-state index >= 15 is 0 Å². The zero-order valence-corrected chi connectivity index (χ0v) is 30.9. The lowest BCUT2D eigenvalue weighted by atomic mass is 9.81. The maximum atomic E-state index is 5.36. The molecule has 55 heavy (non-hydrogen) atoms. The lowest BCUT2D eigenvalue weighted by Crippen LogP contribution is -2.14. The predicted octanol–water partition coefficient (Wildman–Crippen LogP) is 13.9. The lowest BCUT2D eigenvalue weighted by molar-refractivity contribution is 0.661. The van der Waals surface area contributed by atoms with Crippen LogP contribution in [-0.4, -0.2) is 9.97 Å². The van der Waals surface area contributed by atoms with Crippen LogP contribution >= 0.6 is 0 Å². The van der Waals surface area contributed by atoms with E-state index in [0.717, 1.165) is 50.3 Å². The van der Waals surface area contributed by atoms with Gasteiger partial charge in [0.2, 0.25) is 0 Å². The Kier molecular flexibility index (Phi) is 7.85. The molecule has 1 aromatic heterocycles. The smallest absolute Gasteiger partial charge is 0.160 e. The molecular weight excluding hydrogens is 665 g/mol. The van der Waals surface area contributed by atoms with E-state index in [1.165, 1.54) is 44.2 Å². The molecule has 0 spiro atoms. The van der Waals surface area contributed by atoms with Crippen molar-refractivity contribution in [1.82, 2.24) is 9.97 Å². The molecule has 0 radical (unpaired) electrons.